The van der Waals surface area contributed by atoms with Crippen LogP contribution in [0.25, 0.3) is 0 Å². The maximum Gasteiger partial charge on any atom is 0.404 e. The minimum absolute atomic E-state index is 0.0223. The van der Waals surface area contributed by atoms with Gasteiger partial charge < -0.3 is 21.5 Å². The van der Waals surface area contributed by atoms with Crippen molar-refractivity contribution < 1.29 is 14.3 Å². The van der Waals surface area contributed by atoms with Gasteiger partial charge >= 0.3 is 6.09 Å². The molecule has 0 aromatic carbocycles. The number of nitrogens with two attached hydrogens (primary N) is 2. The maximum absolute atomic E-state index is 11.5. The van der Waals surface area contributed by atoms with Crippen molar-refractivity contribution in [2.45, 2.75) is 13.8 Å². The molecule has 0 aromatic rings. The van der Waals surface area contributed by atoms with Crippen molar-refractivity contribution >= 4 is 29.2 Å². The fourth-order valence-electron chi connectivity index (χ4n) is 0.649. The highest BCUT2D eigenvalue weighted by atomic mass is 32.1. The topological polar surface area (TPSA) is 107 Å². The van der Waals surface area contributed by atoms with Crippen LogP contribution >= 0.6 is 12.2 Å². The van der Waals surface area contributed by atoms with Crippen LogP contribution in [-0.4, -0.2) is 30.1 Å². The summed E-state index contributed by atoms with van der Waals surface area (Å²) in [6.07, 6.45) is -0.877. The largest absolute Gasteiger partial charge is 0.448 e. The van der Waals surface area contributed by atoms with E-state index in [-0.39, 0.29) is 24.0 Å². The fraction of sp³-hybridized carbons (Fsp3) is 0.625. The number of hydrogen-bond donors (Lipinski definition) is 3. The van der Waals surface area contributed by atoms with Gasteiger partial charge in [0.25, 0.3) is 0 Å². The van der Waals surface area contributed by atoms with Gasteiger partial charge in [-0.1, -0.05) is 12.2 Å². The lowest BCUT2D eigenvalue weighted by atomic mass is 9.92. The second-order valence-electron chi connectivity index (χ2n) is 3.41. The Labute approximate surface area is 93.3 Å². The minimum Gasteiger partial charge on any atom is -0.448 e. The lowest BCUT2D eigenvalue weighted by molar-refractivity contribution is -0.126. The number of nitrogens with one attached hydrogen (secondary N) is 1. The molecular formula is C8H15N3O3S. The van der Waals surface area contributed by atoms with Crippen LogP contribution in [0.2, 0.25) is 0 Å². The number of primary amides is 1. The van der Waals surface area contributed by atoms with Gasteiger partial charge in [0.05, 0.1) is 16.9 Å². The highest BCUT2D eigenvalue weighted by Crippen LogP contribution is 2.14. The Hall–Kier alpha value is -1.37. The summed E-state index contributed by atoms with van der Waals surface area (Å²) in [7, 11) is 0. The molecule has 7 heteroatoms. The molecule has 0 spiro atoms. The predicted molar refractivity (Wildman–Crippen MR) is 59.1 cm³/mol. The monoisotopic (exact) mass is 233 g/mol. The van der Waals surface area contributed by atoms with Crippen LogP contribution in [0.4, 0.5) is 4.79 Å². The zero-order chi connectivity index (χ0) is 12.1. The molecule has 0 heterocycles. The molecule has 0 atom stereocenters. The zero-order valence-electron chi connectivity index (χ0n) is 8.70. The smallest absolute Gasteiger partial charge is 0.404 e. The van der Waals surface area contributed by atoms with Gasteiger partial charge in [-0.25, -0.2) is 4.79 Å². The Bertz CT molecular complexity index is 278. The van der Waals surface area contributed by atoms with E-state index in [2.05, 4.69) is 10.1 Å². The number of amides is 2. The highest BCUT2D eigenvalue weighted by Gasteiger charge is 2.30. The molecule has 0 bridgehead atoms. The molecule has 0 aliphatic heterocycles. The third-order valence-corrected chi connectivity index (χ3v) is 2.33. The average Bonchev–Trinajstić information content (AvgIpc) is 2.11. The zero-order valence-corrected chi connectivity index (χ0v) is 9.52. The first-order valence-electron chi connectivity index (χ1n) is 4.29. The second kappa shape index (κ2) is 5.50. The van der Waals surface area contributed by atoms with Crippen LogP contribution in [0.15, 0.2) is 0 Å². The van der Waals surface area contributed by atoms with E-state index in [9.17, 15) is 9.59 Å². The van der Waals surface area contributed by atoms with E-state index in [0.717, 1.165) is 0 Å². The standard InChI is InChI=1S/C8H15N3O3S/c1-8(2,5(9)15)6(12)11-3-4-14-7(10)13/h3-4H2,1-2H3,(H2,9,15)(H2,10,13)(H,11,12). The van der Waals surface area contributed by atoms with Crippen LogP contribution in [-0.2, 0) is 9.53 Å². The number of hydrogen-bond acceptors (Lipinski definition) is 4. The van der Waals surface area contributed by atoms with Crippen LogP contribution in [0.1, 0.15) is 13.8 Å². The van der Waals surface area contributed by atoms with E-state index in [4.69, 9.17) is 23.7 Å². The number of carbonyl (C=O) groups is 2. The maximum atomic E-state index is 11.5. The van der Waals surface area contributed by atoms with Gasteiger partial charge in [0.1, 0.15) is 6.61 Å². The minimum atomic E-state index is -0.915. The summed E-state index contributed by atoms with van der Waals surface area (Å²) in [6.45, 7) is 3.42. The van der Waals surface area contributed by atoms with Crippen molar-refractivity contribution in [3.63, 3.8) is 0 Å². The molecule has 15 heavy (non-hydrogen) atoms. The Morgan fingerprint density at radius 1 is 1.40 bits per heavy atom. The molecular weight excluding hydrogens is 218 g/mol. The van der Waals surface area contributed by atoms with Gasteiger partial charge in [0, 0.05) is 0 Å². The first-order chi connectivity index (χ1) is 6.78. The highest BCUT2D eigenvalue weighted by molar-refractivity contribution is 7.80. The summed E-state index contributed by atoms with van der Waals surface area (Å²) < 4.78 is 4.43. The van der Waals surface area contributed by atoms with Gasteiger partial charge in [-0.2, -0.15) is 0 Å². The normalized spacial score (nSPS) is 10.5. The summed E-state index contributed by atoms with van der Waals surface area (Å²) >= 11 is 4.74. The fourth-order valence-corrected chi connectivity index (χ4v) is 0.742. The lowest BCUT2D eigenvalue weighted by Crippen LogP contribution is -2.45. The van der Waals surface area contributed by atoms with Crippen molar-refractivity contribution in [1.29, 1.82) is 0 Å². The molecule has 0 saturated carbocycles. The quantitative estimate of drug-likeness (QED) is 0.438. The van der Waals surface area contributed by atoms with Crippen LogP contribution in [0, 0.1) is 5.41 Å². The van der Waals surface area contributed by atoms with Gasteiger partial charge in [0.15, 0.2) is 0 Å². The predicted octanol–water partition coefficient (Wildman–Crippen LogP) is -0.490. The molecule has 0 aliphatic rings. The molecule has 2 amide bonds. The molecule has 86 valence electrons. The van der Waals surface area contributed by atoms with Crippen LogP contribution in [0.5, 0.6) is 0 Å². The Balaban J connectivity index is 3.94. The molecule has 0 unspecified atom stereocenters. The molecule has 0 fully saturated rings. The van der Waals surface area contributed by atoms with E-state index in [1.807, 2.05) is 0 Å². The number of thiocarbonyl (C=S) groups is 1. The van der Waals surface area contributed by atoms with Crippen molar-refractivity contribution in [3.8, 4) is 0 Å². The number of ether oxygens (including phenoxy) is 1. The van der Waals surface area contributed by atoms with E-state index in [0.29, 0.717) is 0 Å². The SMILES string of the molecule is CC(C)(C(=O)NCCOC(N)=O)C(N)=S. The lowest BCUT2D eigenvalue weighted by Gasteiger charge is -2.21. The van der Waals surface area contributed by atoms with Gasteiger partial charge in [-0.15, -0.1) is 0 Å². The first kappa shape index (κ1) is 13.6. The van der Waals surface area contributed by atoms with E-state index >= 15 is 0 Å². The van der Waals surface area contributed by atoms with Crippen LogP contribution in [0.3, 0.4) is 0 Å². The van der Waals surface area contributed by atoms with Crippen molar-refractivity contribution in [2.24, 2.45) is 16.9 Å². The van der Waals surface area contributed by atoms with Crippen molar-refractivity contribution in [2.75, 3.05) is 13.2 Å². The summed E-state index contributed by atoms with van der Waals surface area (Å²) in [6, 6.07) is 0. The molecule has 0 saturated heterocycles. The molecule has 5 N–H and O–H groups in total. The van der Waals surface area contributed by atoms with E-state index < -0.39 is 11.5 Å². The number of carbonyl (C=O) groups excluding carboxylic acids is 2. The molecule has 0 aliphatic carbocycles. The molecule has 0 aromatic heterocycles. The third kappa shape index (κ3) is 4.59. The summed E-state index contributed by atoms with van der Waals surface area (Å²) in [5.74, 6) is -0.317. The molecule has 0 rings (SSSR count). The van der Waals surface area contributed by atoms with Gasteiger partial charge in [0.2, 0.25) is 5.91 Å². The first-order valence-corrected chi connectivity index (χ1v) is 4.69. The molecule has 0 radical (unpaired) electrons. The van der Waals surface area contributed by atoms with Gasteiger partial charge in [-0.3, -0.25) is 4.79 Å². The Morgan fingerprint density at radius 2 is 1.93 bits per heavy atom. The average molecular weight is 233 g/mol. The second-order valence-corrected chi connectivity index (χ2v) is 3.85. The van der Waals surface area contributed by atoms with Crippen molar-refractivity contribution in [1.82, 2.24) is 5.32 Å². The summed E-state index contributed by atoms with van der Waals surface area (Å²) in [4.78, 5) is 21.8. The van der Waals surface area contributed by atoms with E-state index in [1.54, 1.807) is 13.8 Å². The Morgan fingerprint density at radius 3 is 2.33 bits per heavy atom. The van der Waals surface area contributed by atoms with Crippen LogP contribution < -0.4 is 16.8 Å². The number of rotatable bonds is 5. The Kier molecular flexibility index (Phi) is 4.99. The molecule has 6 nitrogen and oxygen atoms in total. The summed E-state index contributed by atoms with van der Waals surface area (Å²) in [5, 5.41) is 2.52. The van der Waals surface area contributed by atoms with Gasteiger partial charge in [-0.05, 0) is 13.8 Å². The third-order valence-electron chi connectivity index (χ3n) is 1.82. The van der Waals surface area contributed by atoms with E-state index in [1.165, 1.54) is 0 Å². The summed E-state index contributed by atoms with van der Waals surface area (Å²) in [5.41, 5.74) is 9.20. The van der Waals surface area contributed by atoms with Crippen molar-refractivity contribution in [3.05, 3.63) is 0 Å².